The molecule has 1 aromatic carbocycles. The third-order valence-electron chi connectivity index (χ3n) is 4.34. The highest BCUT2D eigenvalue weighted by molar-refractivity contribution is 5.79. The van der Waals surface area contributed by atoms with Crippen LogP contribution >= 0.6 is 0 Å². The maximum Gasteiger partial charge on any atom is 0.135 e. The molecular formula is C15H21N3O. The summed E-state index contributed by atoms with van der Waals surface area (Å²) < 4.78 is 2.17. The van der Waals surface area contributed by atoms with Crippen molar-refractivity contribution in [2.24, 2.45) is 5.41 Å². The van der Waals surface area contributed by atoms with E-state index in [1.54, 1.807) is 0 Å². The lowest BCUT2D eigenvalue weighted by Crippen LogP contribution is -2.21. The van der Waals surface area contributed by atoms with Crippen LogP contribution in [0.25, 0.3) is 11.0 Å². The van der Waals surface area contributed by atoms with Gasteiger partial charge in [-0.2, -0.15) is 0 Å². The molecule has 0 amide bonds. The predicted molar refractivity (Wildman–Crippen MR) is 76.6 cm³/mol. The number of hydrogen-bond donors (Lipinski definition) is 2. The van der Waals surface area contributed by atoms with Crippen LogP contribution in [0.2, 0.25) is 0 Å². The Labute approximate surface area is 113 Å². The molecule has 0 aliphatic heterocycles. The summed E-state index contributed by atoms with van der Waals surface area (Å²) in [5.41, 5.74) is 8.81. The third-order valence-corrected chi connectivity index (χ3v) is 4.34. The summed E-state index contributed by atoms with van der Waals surface area (Å²) in [6.45, 7) is 3.25. The highest BCUT2D eigenvalue weighted by atomic mass is 16.3. The van der Waals surface area contributed by atoms with Crippen molar-refractivity contribution in [1.29, 1.82) is 0 Å². The molecule has 3 rings (SSSR count). The summed E-state index contributed by atoms with van der Waals surface area (Å²) in [7, 11) is 0. The zero-order chi connectivity index (χ0) is 13.5. The van der Waals surface area contributed by atoms with Crippen LogP contribution in [0.5, 0.6) is 0 Å². The Hall–Kier alpha value is -1.55. The number of nitrogens with two attached hydrogens (primary N) is 1. The van der Waals surface area contributed by atoms with Crippen LogP contribution in [-0.4, -0.2) is 14.7 Å². The van der Waals surface area contributed by atoms with Gasteiger partial charge in [-0.15, -0.1) is 0 Å². The van der Waals surface area contributed by atoms with E-state index in [-0.39, 0.29) is 6.61 Å². The molecule has 0 unspecified atom stereocenters. The van der Waals surface area contributed by atoms with Crippen LogP contribution in [0.1, 0.15) is 38.4 Å². The number of rotatable bonds is 3. The Balaban J connectivity index is 2.05. The highest BCUT2D eigenvalue weighted by Gasteiger charge is 2.30. The van der Waals surface area contributed by atoms with E-state index in [1.165, 1.54) is 25.7 Å². The van der Waals surface area contributed by atoms with E-state index in [0.717, 1.165) is 23.4 Å². The predicted octanol–water partition coefficient (Wildman–Crippen LogP) is 2.69. The summed E-state index contributed by atoms with van der Waals surface area (Å²) in [6.07, 6.45) is 5.13. The molecule has 0 spiro atoms. The molecule has 1 aliphatic carbocycles. The van der Waals surface area contributed by atoms with Crippen LogP contribution in [0.4, 0.5) is 5.69 Å². The van der Waals surface area contributed by atoms with E-state index >= 15 is 0 Å². The average Bonchev–Trinajstić information content (AvgIpc) is 2.94. The van der Waals surface area contributed by atoms with Gasteiger partial charge in [0.2, 0.25) is 0 Å². The maximum absolute atomic E-state index is 9.53. The van der Waals surface area contributed by atoms with Gasteiger partial charge in [0, 0.05) is 12.2 Å². The molecule has 4 nitrogen and oxygen atoms in total. The Morgan fingerprint density at radius 1 is 1.37 bits per heavy atom. The van der Waals surface area contributed by atoms with Gasteiger partial charge in [-0.05, 0) is 36.5 Å². The van der Waals surface area contributed by atoms with Crippen LogP contribution < -0.4 is 5.73 Å². The zero-order valence-corrected chi connectivity index (χ0v) is 11.4. The largest absolute Gasteiger partial charge is 0.399 e. The van der Waals surface area contributed by atoms with Gasteiger partial charge in [0.05, 0.1) is 11.0 Å². The maximum atomic E-state index is 9.53. The molecule has 3 N–H and O–H groups in total. The minimum atomic E-state index is -0.0232. The molecule has 1 aliphatic rings. The normalized spacial score (nSPS) is 18.2. The lowest BCUT2D eigenvalue weighted by Gasteiger charge is -2.25. The summed E-state index contributed by atoms with van der Waals surface area (Å²) in [6, 6.07) is 5.79. The second-order valence-corrected chi connectivity index (χ2v) is 6.04. The van der Waals surface area contributed by atoms with E-state index < -0.39 is 0 Å². The van der Waals surface area contributed by atoms with Crippen molar-refractivity contribution in [2.45, 2.75) is 45.8 Å². The van der Waals surface area contributed by atoms with E-state index in [1.807, 2.05) is 18.2 Å². The van der Waals surface area contributed by atoms with Crippen LogP contribution in [0.3, 0.4) is 0 Å². The molecule has 0 bridgehead atoms. The second kappa shape index (κ2) is 4.53. The summed E-state index contributed by atoms with van der Waals surface area (Å²) in [5, 5.41) is 9.53. The number of anilines is 1. The molecule has 1 heterocycles. The van der Waals surface area contributed by atoms with Crippen molar-refractivity contribution < 1.29 is 5.11 Å². The van der Waals surface area contributed by atoms with Gasteiger partial charge in [-0.1, -0.05) is 19.8 Å². The SMILES string of the molecule is CC1(Cn2c(CO)nc3cc(N)ccc32)CCCC1. The summed E-state index contributed by atoms with van der Waals surface area (Å²) in [4.78, 5) is 4.50. The average molecular weight is 259 g/mol. The highest BCUT2D eigenvalue weighted by Crippen LogP contribution is 2.40. The first kappa shape index (κ1) is 12.5. The minimum absolute atomic E-state index is 0.0232. The number of imidazole rings is 1. The van der Waals surface area contributed by atoms with Gasteiger partial charge in [0.1, 0.15) is 12.4 Å². The lowest BCUT2D eigenvalue weighted by atomic mass is 9.88. The smallest absolute Gasteiger partial charge is 0.135 e. The Kier molecular flexibility index (Phi) is 2.97. The van der Waals surface area contributed by atoms with Crippen LogP contribution in [-0.2, 0) is 13.2 Å². The fourth-order valence-electron chi connectivity index (χ4n) is 3.26. The molecule has 1 fully saturated rings. The molecule has 0 radical (unpaired) electrons. The van der Waals surface area contributed by atoms with Crippen molar-refractivity contribution in [3.05, 3.63) is 24.0 Å². The van der Waals surface area contributed by atoms with Crippen LogP contribution in [0, 0.1) is 5.41 Å². The summed E-state index contributed by atoms with van der Waals surface area (Å²) in [5.74, 6) is 0.744. The molecule has 4 heteroatoms. The number of hydrogen-bond acceptors (Lipinski definition) is 3. The number of nitrogens with zero attached hydrogens (tertiary/aromatic N) is 2. The molecule has 1 aromatic heterocycles. The number of benzene rings is 1. The van der Waals surface area contributed by atoms with Crippen molar-refractivity contribution in [3.63, 3.8) is 0 Å². The second-order valence-electron chi connectivity index (χ2n) is 6.04. The fraction of sp³-hybridized carbons (Fsp3) is 0.533. The van der Waals surface area contributed by atoms with Crippen molar-refractivity contribution >= 4 is 16.7 Å². The van der Waals surface area contributed by atoms with Crippen molar-refractivity contribution in [2.75, 3.05) is 5.73 Å². The van der Waals surface area contributed by atoms with Gasteiger partial charge in [-0.3, -0.25) is 0 Å². The number of aliphatic hydroxyl groups excluding tert-OH is 1. The first-order valence-electron chi connectivity index (χ1n) is 6.97. The zero-order valence-electron chi connectivity index (χ0n) is 11.4. The molecule has 2 aromatic rings. The first-order chi connectivity index (χ1) is 9.11. The molecule has 102 valence electrons. The van der Waals surface area contributed by atoms with Gasteiger partial charge < -0.3 is 15.4 Å². The fourth-order valence-corrected chi connectivity index (χ4v) is 3.26. The van der Waals surface area contributed by atoms with Crippen molar-refractivity contribution in [1.82, 2.24) is 9.55 Å². The number of aromatic nitrogens is 2. The number of aliphatic hydroxyl groups is 1. The molecule has 19 heavy (non-hydrogen) atoms. The van der Waals surface area contributed by atoms with Crippen molar-refractivity contribution in [3.8, 4) is 0 Å². The van der Waals surface area contributed by atoms with E-state index in [0.29, 0.717) is 11.1 Å². The summed E-state index contributed by atoms with van der Waals surface area (Å²) >= 11 is 0. The topological polar surface area (TPSA) is 64.1 Å². The van der Waals surface area contributed by atoms with Gasteiger partial charge >= 0.3 is 0 Å². The van der Waals surface area contributed by atoms with Crippen LogP contribution in [0.15, 0.2) is 18.2 Å². The molecule has 0 atom stereocenters. The Morgan fingerprint density at radius 2 is 2.11 bits per heavy atom. The van der Waals surface area contributed by atoms with E-state index in [4.69, 9.17) is 5.73 Å². The quantitative estimate of drug-likeness (QED) is 0.833. The molecule has 1 saturated carbocycles. The standard InChI is InChI=1S/C15H21N3O/c1-15(6-2-3-7-15)10-18-13-5-4-11(16)8-12(13)17-14(18)9-19/h4-5,8,19H,2-3,6-7,9-10,16H2,1H3. The van der Waals surface area contributed by atoms with E-state index in [2.05, 4.69) is 16.5 Å². The Bertz CT molecular complexity index is 597. The number of nitrogen functional groups attached to an aromatic ring is 1. The third kappa shape index (κ3) is 2.21. The molecular weight excluding hydrogens is 238 g/mol. The minimum Gasteiger partial charge on any atom is -0.399 e. The van der Waals surface area contributed by atoms with Gasteiger partial charge in [-0.25, -0.2) is 4.98 Å². The molecule has 0 saturated heterocycles. The monoisotopic (exact) mass is 259 g/mol. The van der Waals surface area contributed by atoms with Gasteiger partial charge in [0.25, 0.3) is 0 Å². The van der Waals surface area contributed by atoms with Gasteiger partial charge in [0.15, 0.2) is 0 Å². The lowest BCUT2D eigenvalue weighted by molar-refractivity contribution is 0.242. The first-order valence-corrected chi connectivity index (χ1v) is 6.97. The van der Waals surface area contributed by atoms with E-state index in [9.17, 15) is 5.11 Å². The Morgan fingerprint density at radius 3 is 2.79 bits per heavy atom. The number of fused-ring (bicyclic) bond motifs is 1.